The maximum Gasteiger partial charge on any atom is 0.238 e. The van der Waals surface area contributed by atoms with Crippen molar-refractivity contribution in [2.45, 2.75) is 25.5 Å². The summed E-state index contributed by atoms with van der Waals surface area (Å²) in [7, 11) is 1.54. The predicted molar refractivity (Wildman–Crippen MR) is 125 cm³/mol. The second kappa shape index (κ2) is 10.5. The average Bonchev–Trinajstić information content (AvgIpc) is 2.75. The van der Waals surface area contributed by atoms with Crippen molar-refractivity contribution < 1.29 is 19.1 Å². The van der Waals surface area contributed by atoms with Crippen molar-refractivity contribution in [3.8, 4) is 11.5 Å². The number of anilines is 1. The van der Waals surface area contributed by atoms with Crippen LogP contribution in [0.2, 0.25) is 5.02 Å². The summed E-state index contributed by atoms with van der Waals surface area (Å²) in [6, 6.07) is 12.2. The number of methoxy groups -OCH3 is 1. The Hall–Kier alpha value is -2.71. The number of benzene rings is 2. The van der Waals surface area contributed by atoms with Gasteiger partial charge in [-0.15, -0.1) is 0 Å². The minimum absolute atomic E-state index is 0.101. The summed E-state index contributed by atoms with van der Waals surface area (Å²) < 4.78 is 10.6. The van der Waals surface area contributed by atoms with Crippen LogP contribution in [0.5, 0.6) is 11.5 Å². The van der Waals surface area contributed by atoms with Crippen molar-refractivity contribution in [2.24, 2.45) is 4.99 Å². The Kier molecular flexibility index (Phi) is 7.81. The van der Waals surface area contributed by atoms with E-state index in [-0.39, 0.29) is 18.2 Å². The lowest BCUT2D eigenvalue weighted by Gasteiger charge is -2.31. The Labute approximate surface area is 190 Å². The second-order valence-corrected chi connectivity index (χ2v) is 8.19. The van der Waals surface area contributed by atoms with Crippen molar-refractivity contribution in [1.29, 1.82) is 0 Å². The average molecular weight is 462 g/mol. The number of hydrogen-bond acceptors (Lipinski definition) is 6. The van der Waals surface area contributed by atoms with Gasteiger partial charge in [-0.25, -0.2) is 4.99 Å². The highest BCUT2D eigenvalue weighted by Crippen LogP contribution is 2.33. The van der Waals surface area contributed by atoms with Gasteiger partial charge in [0.1, 0.15) is 16.7 Å². The monoisotopic (exact) mass is 461 g/mol. The molecule has 1 atom stereocenters. The number of rotatable bonds is 7. The van der Waals surface area contributed by atoms with Crippen LogP contribution in [0.4, 0.5) is 11.4 Å². The first kappa shape index (κ1) is 23.0. The van der Waals surface area contributed by atoms with Gasteiger partial charge in [0.2, 0.25) is 11.8 Å². The van der Waals surface area contributed by atoms with E-state index in [0.717, 1.165) is 5.75 Å². The van der Waals surface area contributed by atoms with Crippen molar-refractivity contribution in [1.82, 2.24) is 4.90 Å². The number of aliphatic imine (C=N–C) groups is 1. The lowest BCUT2D eigenvalue weighted by Crippen LogP contribution is -2.45. The van der Waals surface area contributed by atoms with Crippen LogP contribution in [0.3, 0.4) is 0 Å². The SMILES string of the molecule is CCOc1ccc(NC(=O)C2CC(=O)N(CC)C(=Nc3ccc(OC)c(Cl)c3)S2)cc1. The molecule has 1 N–H and O–H groups in total. The van der Waals surface area contributed by atoms with Gasteiger partial charge in [0.15, 0.2) is 5.17 Å². The van der Waals surface area contributed by atoms with Gasteiger partial charge in [0.05, 0.1) is 24.4 Å². The molecule has 2 aromatic rings. The number of hydrogen-bond donors (Lipinski definition) is 1. The summed E-state index contributed by atoms with van der Waals surface area (Å²) in [5.41, 5.74) is 1.21. The lowest BCUT2D eigenvalue weighted by atomic mass is 10.2. The van der Waals surface area contributed by atoms with E-state index in [1.807, 2.05) is 13.8 Å². The first-order chi connectivity index (χ1) is 14.9. The van der Waals surface area contributed by atoms with Crippen molar-refractivity contribution in [2.75, 3.05) is 25.6 Å². The van der Waals surface area contributed by atoms with Gasteiger partial charge < -0.3 is 14.8 Å². The van der Waals surface area contributed by atoms with Crippen LogP contribution in [0, 0.1) is 0 Å². The van der Waals surface area contributed by atoms with E-state index in [0.29, 0.717) is 40.5 Å². The maximum atomic E-state index is 12.8. The van der Waals surface area contributed by atoms with Gasteiger partial charge in [-0.3, -0.25) is 14.5 Å². The molecular formula is C22H24ClN3O4S. The molecule has 3 rings (SSSR count). The topological polar surface area (TPSA) is 80.2 Å². The smallest absolute Gasteiger partial charge is 0.238 e. The zero-order chi connectivity index (χ0) is 22.4. The van der Waals surface area contributed by atoms with E-state index >= 15 is 0 Å². The van der Waals surface area contributed by atoms with Crippen molar-refractivity contribution in [3.05, 3.63) is 47.5 Å². The fourth-order valence-corrected chi connectivity index (χ4v) is 4.43. The number of carbonyl (C=O) groups excluding carboxylic acids is 2. The molecule has 2 aromatic carbocycles. The third-order valence-electron chi connectivity index (χ3n) is 4.54. The van der Waals surface area contributed by atoms with E-state index < -0.39 is 5.25 Å². The zero-order valence-electron chi connectivity index (χ0n) is 17.6. The van der Waals surface area contributed by atoms with Crippen LogP contribution in [0.15, 0.2) is 47.5 Å². The summed E-state index contributed by atoms with van der Waals surface area (Å²) in [5.74, 6) is 0.872. The Morgan fingerprint density at radius 1 is 1.26 bits per heavy atom. The van der Waals surface area contributed by atoms with Crippen LogP contribution in [-0.2, 0) is 9.59 Å². The molecule has 31 heavy (non-hydrogen) atoms. The highest BCUT2D eigenvalue weighted by atomic mass is 35.5. The highest BCUT2D eigenvalue weighted by Gasteiger charge is 2.35. The molecule has 9 heteroatoms. The molecule has 1 heterocycles. The van der Waals surface area contributed by atoms with Gasteiger partial charge in [0.25, 0.3) is 0 Å². The number of thioether (sulfide) groups is 1. The lowest BCUT2D eigenvalue weighted by molar-refractivity contribution is -0.129. The fourth-order valence-electron chi connectivity index (χ4n) is 3.01. The molecule has 0 aromatic heterocycles. The molecule has 2 amide bonds. The third kappa shape index (κ3) is 5.71. The summed E-state index contributed by atoms with van der Waals surface area (Å²) in [4.78, 5) is 31.6. The van der Waals surface area contributed by atoms with Crippen LogP contribution < -0.4 is 14.8 Å². The molecular weight excluding hydrogens is 438 g/mol. The quantitative estimate of drug-likeness (QED) is 0.644. The molecule has 0 radical (unpaired) electrons. The number of carbonyl (C=O) groups is 2. The number of nitrogens with zero attached hydrogens (tertiary/aromatic N) is 2. The minimum atomic E-state index is -0.589. The largest absolute Gasteiger partial charge is 0.495 e. The molecule has 1 fully saturated rings. The summed E-state index contributed by atoms with van der Waals surface area (Å²) in [6.07, 6.45) is 0.101. The first-order valence-corrected chi connectivity index (χ1v) is 11.1. The van der Waals surface area contributed by atoms with E-state index in [1.165, 1.54) is 18.9 Å². The summed E-state index contributed by atoms with van der Waals surface area (Å²) in [6.45, 7) is 4.81. The Bertz CT molecular complexity index is 981. The standard InChI is InChI=1S/C22H24ClN3O4S/c1-4-26-20(27)13-19(21(28)24-14-6-9-16(10-7-14)30-5-2)31-22(26)25-15-8-11-18(29-3)17(23)12-15/h6-12,19H,4-5,13H2,1-3H3,(H,24,28). The second-order valence-electron chi connectivity index (χ2n) is 6.61. The Morgan fingerprint density at radius 2 is 2.00 bits per heavy atom. The molecule has 1 unspecified atom stereocenters. The van der Waals surface area contributed by atoms with Crippen LogP contribution in [0.25, 0.3) is 0 Å². The van der Waals surface area contributed by atoms with Gasteiger partial charge in [-0.05, 0) is 56.3 Å². The zero-order valence-corrected chi connectivity index (χ0v) is 19.1. The van der Waals surface area contributed by atoms with Gasteiger partial charge in [0, 0.05) is 18.7 Å². The molecule has 7 nitrogen and oxygen atoms in total. The van der Waals surface area contributed by atoms with E-state index in [4.69, 9.17) is 21.1 Å². The number of ether oxygens (including phenoxy) is 2. The predicted octanol–water partition coefficient (Wildman–Crippen LogP) is 4.73. The molecule has 1 aliphatic heterocycles. The van der Waals surface area contributed by atoms with Gasteiger partial charge in [-0.1, -0.05) is 23.4 Å². The number of nitrogens with one attached hydrogen (secondary N) is 1. The summed E-state index contributed by atoms with van der Waals surface area (Å²) in [5, 5.41) is 3.16. The van der Waals surface area contributed by atoms with Gasteiger partial charge in [-0.2, -0.15) is 0 Å². The first-order valence-electron chi connectivity index (χ1n) is 9.88. The molecule has 0 bridgehead atoms. The Morgan fingerprint density at radius 3 is 2.61 bits per heavy atom. The van der Waals surface area contributed by atoms with Crippen LogP contribution >= 0.6 is 23.4 Å². The number of amidine groups is 1. The van der Waals surface area contributed by atoms with Gasteiger partial charge >= 0.3 is 0 Å². The number of halogens is 1. The molecule has 0 saturated carbocycles. The van der Waals surface area contributed by atoms with E-state index in [1.54, 1.807) is 47.4 Å². The van der Waals surface area contributed by atoms with Crippen molar-refractivity contribution >= 4 is 51.7 Å². The molecule has 0 aliphatic carbocycles. The fraction of sp³-hybridized carbons (Fsp3) is 0.318. The molecule has 1 saturated heterocycles. The minimum Gasteiger partial charge on any atom is -0.495 e. The molecule has 1 aliphatic rings. The summed E-state index contributed by atoms with van der Waals surface area (Å²) >= 11 is 7.45. The van der Waals surface area contributed by atoms with E-state index in [9.17, 15) is 9.59 Å². The van der Waals surface area contributed by atoms with Crippen molar-refractivity contribution in [3.63, 3.8) is 0 Å². The highest BCUT2D eigenvalue weighted by molar-refractivity contribution is 8.15. The van der Waals surface area contributed by atoms with Crippen LogP contribution in [-0.4, -0.2) is 47.4 Å². The van der Waals surface area contributed by atoms with E-state index in [2.05, 4.69) is 10.3 Å². The number of amides is 2. The molecule has 164 valence electrons. The molecule has 0 spiro atoms. The normalized spacial score (nSPS) is 17.5. The Balaban J connectivity index is 1.77. The maximum absolute atomic E-state index is 12.8. The third-order valence-corrected chi connectivity index (χ3v) is 6.02. The van der Waals surface area contributed by atoms with Crippen LogP contribution in [0.1, 0.15) is 20.3 Å².